The normalized spacial score (nSPS) is 11.1. The monoisotopic (exact) mass is 429 g/mol. The number of nitrogens with zero attached hydrogens (tertiary/aromatic N) is 2. The van der Waals surface area contributed by atoms with Crippen LogP contribution in [0.15, 0.2) is 77.2 Å². The summed E-state index contributed by atoms with van der Waals surface area (Å²) in [4.78, 5) is 18.7. The summed E-state index contributed by atoms with van der Waals surface area (Å²) in [6, 6.07) is 21.1. The van der Waals surface area contributed by atoms with E-state index in [2.05, 4.69) is 17.5 Å². The van der Waals surface area contributed by atoms with Crippen molar-refractivity contribution in [3.63, 3.8) is 0 Å². The Hall–Kier alpha value is -3.51. The van der Waals surface area contributed by atoms with Gasteiger partial charge in [0.15, 0.2) is 0 Å². The quantitative estimate of drug-likeness (QED) is 0.215. The number of aromatic nitrogens is 1. The number of carbonyl (C=O) groups is 1. The number of nitrogens with one attached hydrogen (secondary N) is 1. The highest BCUT2D eigenvalue weighted by atomic mass is 32.1. The topological polar surface area (TPSA) is 63.6 Å². The van der Waals surface area contributed by atoms with Gasteiger partial charge in [0.1, 0.15) is 5.75 Å². The van der Waals surface area contributed by atoms with Gasteiger partial charge in [-0.25, -0.2) is 10.4 Å². The number of hydrazone groups is 1. The largest absolute Gasteiger partial charge is 0.494 e. The molecule has 1 N–H and O–H groups in total. The lowest BCUT2D eigenvalue weighted by Gasteiger charge is -2.10. The van der Waals surface area contributed by atoms with Crippen LogP contribution in [0.25, 0.3) is 22.2 Å². The molecule has 1 amide bonds. The number of benzene rings is 2. The van der Waals surface area contributed by atoms with Gasteiger partial charge in [-0.3, -0.25) is 4.79 Å². The van der Waals surface area contributed by atoms with Gasteiger partial charge < -0.3 is 4.74 Å². The predicted octanol–water partition coefficient (Wildman–Crippen LogP) is 5.91. The van der Waals surface area contributed by atoms with Gasteiger partial charge in [0.25, 0.3) is 5.91 Å². The van der Waals surface area contributed by atoms with Crippen molar-refractivity contribution in [3.05, 3.63) is 82.6 Å². The van der Waals surface area contributed by atoms with Crippen molar-refractivity contribution in [2.45, 2.75) is 19.8 Å². The van der Waals surface area contributed by atoms with Gasteiger partial charge >= 0.3 is 0 Å². The molecule has 31 heavy (non-hydrogen) atoms. The summed E-state index contributed by atoms with van der Waals surface area (Å²) in [5, 5.41) is 6.85. The molecule has 2 heterocycles. The van der Waals surface area contributed by atoms with Gasteiger partial charge in [0.05, 0.1) is 29.6 Å². The number of hydrogen-bond acceptors (Lipinski definition) is 5. The molecule has 0 fully saturated rings. The van der Waals surface area contributed by atoms with Crippen molar-refractivity contribution in [2.24, 2.45) is 5.10 Å². The molecule has 0 saturated heterocycles. The van der Waals surface area contributed by atoms with Crippen LogP contribution in [0, 0.1) is 0 Å². The van der Waals surface area contributed by atoms with E-state index in [1.807, 2.05) is 72.1 Å². The first-order valence-corrected chi connectivity index (χ1v) is 11.1. The smallest absolute Gasteiger partial charge is 0.272 e. The molecule has 5 nitrogen and oxygen atoms in total. The zero-order valence-electron chi connectivity index (χ0n) is 17.2. The molecule has 156 valence electrons. The lowest BCUT2D eigenvalue weighted by atomic mass is 10.0. The summed E-state index contributed by atoms with van der Waals surface area (Å²) < 4.78 is 5.84. The maximum Gasteiger partial charge on any atom is 0.272 e. The highest BCUT2D eigenvalue weighted by molar-refractivity contribution is 7.11. The molecule has 0 aliphatic heterocycles. The van der Waals surface area contributed by atoms with Crippen LogP contribution in [0.2, 0.25) is 0 Å². The molecular formula is C25H23N3O2S. The Bertz CT molecular complexity index is 1200. The van der Waals surface area contributed by atoms with Crippen molar-refractivity contribution in [1.82, 2.24) is 10.4 Å². The zero-order chi connectivity index (χ0) is 21.5. The van der Waals surface area contributed by atoms with Crippen molar-refractivity contribution < 1.29 is 9.53 Å². The summed E-state index contributed by atoms with van der Waals surface area (Å²) in [5.74, 6) is 0.524. The molecule has 2 aromatic heterocycles. The number of pyridine rings is 1. The summed E-state index contributed by atoms with van der Waals surface area (Å²) in [6.07, 6.45) is 3.73. The van der Waals surface area contributed by atoms with Gasteiger partial charge in [-0.2, -0.15) is 5.10 Å². The maximum absolute atomic E-state index is 12.9. The maximum atomic E-state index is 12.9. The lowest BCUT2D eigenvalue weighted by molar-refractivity contribution is 0.0956. The minimum Gasteiger partial charge on any atom is -0.494 e. The number of thiophene rings is 1. The third-order valence-electron chi connectivity index (χ3n) is 4.76. The molecular weight excluding hydrogens is 406 g/mol. The number of unbranched alkanes of at least 4 members (excludes halogenated alkanes) is 1. The molecule has 0 aliphatic carbocycles. The second-order valence-corrected chi connectivity index (χ2v) is 8.00. The van der Waals surface area contributed by atoms with Crippen LogP contribution in [0.5, 0.6) is 5.75 Å². The van der Waals surface area contributed by atoms with Crippen molar-refractivity contribution in [3.8, 4) is 17.0 Å². The molecule has 4 aromatic rings. The highest BCUT2D eigenvalue weighted by Crippen LogP contribution is 2.27. The summed E-state index contributed by atoms with van der Waals surface area (Å²) >= 11 is 1.56. The van der Waals surface area contributed by atoms with Crippen molar-refractivity contribution >= 4 is 34.4 Å². The van der Waals surface area contributed by atoms with E-state index in [0.29, 0.717) is 17.9 Å². The SMILES string of the molecule is CCCCOc1cccc(-c2cc(C(=O)N/N=C\c3cccs3)c3ccccc3n2)c1. The standard InChI is InChI=1S/C25H23N3O2S/c1-2-3-13-30-19-9-6-8-18(15-19)24-16-22(21-11-4-5-12-23(21)27-24)25(29)28-26-17-20-10-7-14-31-20/h4-12,14-17H,2-3,13H2,1H3,(H,28,29)/b26-17-. The highest BCUT2D eigenvalue weighted by Gasteiger charge is 2.14. The molecule has 6 heteroatoms. The Labute approximate surface area is 185 Å². The van der Waals surface area contributed by atoms with Crippen LogP contribution in [0.4, 0.5) is 0 Å². The molecule has 0 radical (unpaired) electrons. The number of hydrogen-bond donors (Lipinski definition) is 1. The van der Waals surface area contributed by atoms with Gasteiger partial charge in [-0.15, -0.1) is 11.3 Å². The molecule has 0 aliphatic rings. The second kappa shape index (κ2) is 10.00. The van der Waals surface area contributed by atoms with Crippen molar-refractivity contribution in [2.75, 3.05) is 6.61 Å². The van der Waals surface area contributed by atoms with Gasteiger partial charge in [0.2, 0.25) is 0 Å². The van der Waals surface area contributed by atoms with Crippen molar-refractivity contribution in [1.29, 1.82) is 0 Å². The van der Waals surface area contributed by atoms with E-state index in [-0.39, 0.29) is 5.91 Å². The van der Waals surface area contributed by atoms with E-state index in [0.717, 1.165) is 39.9 Å². The first kappa shape index (κ1) is 20.8. The first-order valence-electron chi connectivity index (χ1n) is 10.2. The molecule has 0 bridgehead atoms. The average Bonchev–Trinajstić information content (AvgIpc) is 3.32. The summed E-state index contributed by atoms with van der Waals surface area (Å²) in [6.45, 7) is 2.82. The molecule has 0 unspecified atom stereocenters. The van der Waals surface area contributed by atoms with Gasteiger partial charge in [-0.05, 0) is 42.1 Å². The lowest BCUT2D eigenvalue weighted by Crippen LogP contribution is -2.18. The van der Waals surface area contributed by atoms with E-state index in [1.165, 1.54) is 0 Å². The Morgan fingerprint density at radius 3 is 2.87 bits per heavy atom. The van der Waals surface area contributed by atoms with E-state index in [4.69, 9.17) is 9.72 Å². The molecule has 2 aromatic carbocycles. The second-order valence-electron chi connectivity index (χ2n) is 7.02. The number of ether oxygens (including phenoxy) is 1. The summed E-state index contributed by atoms with van der Waals surface area (Å²) in [7, 11) is 0. The number of fused-ring (bicyclic) bond motifs is 1. The number of para-hydroxylation sites is 1. The third kappa shape index (κ3) is 5.16. The Kier molecular flexibility index (Phi) is 6.69. The van der Waals surface area contributed by atoms with E-state index in [1.54, 1.807) is 17.6 Å². The van der Waals surface area contributed by atoms with Crippen LogP contribution in [0.1, 0.15) is 35.0 Å². The fourth-order valence-corrected chi connectivity index (χ4v) is 3.76. The van der Waals surface area contributed by atoms with E-state index >= 15 is 0 Å². The Balaban J connectivity index is 1.65. The molecule has 0 saturated carbocycles. The number of carbonyl (C=O) groups excluding carboxylic acids is 1. The van der Waals surface area contributed by atoms with Crippen LogP contribution in [-0.4, -0.2) is 23.7 Å². The van der Waals surface area contributed by atoms with Crippen LogP contribution in [-0.2, 0) is 0 Å². The molecule has 4 rings (SSSR count). The average molecular weight is 430 g/mol. The molecule has 0 atom stereocenters. The Morgan fingerprint density at radius 2 is 2.03 bits per heavy atom. The predicted molar refractivity (Wildman–Crippen MR) is 127 cm³/mol. The zero-order valence-corrected chi connectivity index (χ0v) is 18.1. The summed E-state index contributed by atoms with van der Waals surface area (Å²) in [5.41, 5.74) is 5.54. The molecule has 0 spiro atoms. The van der Waals surface area contributed by atoms with Crippen LogP contribution in [0.3, 0.4) is 0 Å². The van der Waals surface area contributed by atoms with Gasteiger partial charge in [0, 0.05) is 15.8 Å². The van der Waals surface area contributed by atoms with E-state index in [9.17, 15) is 4.79 Å². The first-order chi connectivity index (χ1) is 15.2. The van der Waals surface area contributed by atoms with Crippen LogP contribution >= 0.6 is 11.3 Å². The fourth-order valence-electron chi connectivity index (χ4n) is 3.17. The van der Waals surface area contributed by atoms with Gasteiger partial charge in [-0.1, -0.05) is 49.7 Å². The third-order valence-corrected chi connectivity index (χ3v) is 5.57. The Morgan fingerprint density at radius 1 is 1.13 bits per heavy atom. The number of rotatable bonds is 8. The minimum atomic E-state index is -0.275. The fraction of sp³-hybridized carbons (Fsp3) is 0.160. The van der Waals surface area contributed by atoms with Crippen LogP contribution < -0.4 is 10.2 Å². The minimum absolute atomic E-state index is 0.275. The van der Waals surface area contributed by atoms with E-state index < -0.39 is 0 Å². The number of amides is 1.